The van der Waals surface area contributed by atoms with E-state index in [4.69, 9.17) is 5.26 Å². The normalized spacial score (nSPS) is 18.5. The number of rotatable bonds is 6. The minimum atomic E-state index is -3.22. The molecule has 1 aromatic rings. The van der Waals surface area contributed by atoms with E-state index in [1.807, 2.05) is 26.0 Å². The molecule has 1 fully saturated rings. The van der Waals surface area contributed by atoms with Gasteiger partial charge in [0.25, 0.3) is 0 Å². The Morgan fingerprint density at radius 1 is 1.26 bits per heavy atom. The zero-order chi connectivity index (χ0) is 16.9. The lowest BCUT2D eigenvalue weighted by Gasteiger charge is -2.32. The number of aryl methyl sites for hydroxylation is 1. The van der Waals surface area contributed by atoms with Gasteiger partial charge in [-0.2, -0.15) is 5.26 Å². The first-order valence-electron chi connectivity index (χ1n) is 8.40. The molecule has 0 aliphatic carbocycles. The Bertz CT molecular complexity index is 639. The van der Waals surface area contributed by atoms with Crippen LogP contribution in [0.4, 0.5) is 0 Å². The smallest absolute Gasteiger partial charge is 0.181 e. The topological polar surface area (TPSA) is 61.2 Å². The lowest BCUT2D eigenvalue weighted by atomic mass is 10.0. The maximum atomic E-state index is 12.7. The fourth-order valence-electron chi connectivity index (χ4n) is 3.06. The van der Waals surface area contributed by atoms with Gasteiger partial charge >= 0.3 is 0 Å². The number of hydrogen-bond donors (Lipinski definition) is 0. The van der Waals surface area contributed by atoms with Gasteiger partial charge in [-0.1, -0.05) is 24.6 Å². The Kier molecular flexibility index (Phi) is 6.20. The van der Waals surface area contributed by atoms with Crippen LogP contribution in [-0.4, -0.2) is 38.2 Å². The summed E-state index contributed by atoms with van der Waals surface area (Å²) >= 11 is 0. The van der Waals surface area contributed by atoms with E-state index in [1.165, 1.54) is 0 Å². The average molecular weight is 334 g/mol. The number of likely N-dealkylation sites (tertiary alicyclic amines) is 1. The van der Waals surface area contributed by atoms with Crippen molar-refractivity contribution in [1.29, 1.82) is 5.26 Å². The van der Waals surface area contributed by atoms with Crippen LogP contribution in [0.15, 0.2) is 29.2 Å². The van der Waals surface area contributed by atoms with E-state index in [0.29, 0.717) is 17.7 Å². The highest BCUT2D eigenvalue weighted by atomic mass is 32.2. The molecule has 23 heavy (non-hydrogen) atoms. The van der Waals surface area contributed by atoms with Crippen LogP contribution in [0, 0.1) is 24.2 Å². The Morgan fingerprint density at radius 2 is 1.87 bits per heavy atom. The highest BCUT2D eigenvalue weighted by molar-refractivity contribution is 7.92. The summed E-state index contributed by atoms with van der Waals surface area (Å²) in [4.78, 5) is 2.73. The van der Waals surface area contributed by atoms with Crippen molar-refractivity contribution in [3.8, 4) is 6.07 Å². The van der Waals surface area contributed by atoms with E-state index in [9.17, 15) is 8.42 Å². The molecular formula is C18H26N2O2S. The molecular weight excluding hydrogens is 308 g/mol. The van der Waals surface area contributed by atoms with Crippen molar-refractivity contribution < 1.29 is 8.42 Å². The molecule has 2 rings (SSSR count). The number of piperidine rings is 1. The van der Waals surface area contributed by atoms with Crippen LogP contribution >= 0.6 is 0 Å². The third-order valence-electron chi connectivity index (χ3n) is 4.79. The van der Waals surface area contributed by atoms with Crippen molar-refractivity contribution in [3.63, 3.8) is 0 Å². The number of sulfone groups is 1. The van der Waals surface area contributed by atoms with Crippen LogP contribution in [-0.2, 0) is 9.84 Å². The molecule has 0 bridgehead atoms. The fraction of sp³-hybridized carbons (Fsp3) is 0.611. The molecule has 0 radical (unpaired) electrons. The number of hydrogen-bond acceptors (Lipinski definition) is 4. The first kappa shape index (κ1) is 18.0. The van der Waals surface area contributed by atoms with Crippen molar-refractivity contribution in [2.24, 2.45) is 5.92 Å². The number of nitrogens with zero attached hydrogens (tertiary/aromatic N) is 2. The van der Waals surface area contributed by atoms with E-state index in [-0.39, 0.29) is 11.2 Å². The van der Waals surface area contributed by atoms with Crippen molar-refractivity contribution in [2.75, 3.05) is 19.6 Å². The Morgan fingerprint density at radius 3 is 2.39 bits per heavy atom. The van der Waals surface area contributed by atoms with Gasteiger partial charge in [-0.3, -0.25) is 0 Å². The minimum Gasteiger partial charge on any atom is -0.303 e. The number of nitriles is 1. The summed E-state index contributed by atoms with van der Waals surface area (Å²) in [7, 11) is -3.22. The van der Waals surface area contributed by atoms with E-state index >= 15 is 0 Å². The molecule has 1 aromatic carbocycles. The van der Waals surface area contributed by atoms with Gasteiger partial charge in [0.2, 0.25) is 0 Å². The molecule has 0 N–H and O–H groups in total. The van der Waals surface area contributed by atoms with Gasteiger partial charge in [-0.15, -0.1) is 0 Å². The minimum absolute atomic E-state index is 0.115. The highest BCUT2D eigenvalue weighted by Crippen LogP contribution is 2.25. The summed E-state index contributed by atoms with van der Waals surface area (Å²) in [5, 5.41) is 8.72. The van der Waals surface area contributed by atoms with Crippen molar-refractivity contribution >= 4 is 9.84 Å². The quantitative estimate of drug-likeness (QED) is 0.801. The summed E-state index contributed by atoms with van der Waals surface area (Å²) in [6.45, 7) is 6.49. The number of benzene rings is 1. The second-order valence-corrected chi connectivity index (χ2v) is 8.65. The molecule has 0 amide bonds. The van der Waals surface area contributed by atoms with Gasteiger partial charge in [0.15, 0.2) is 9.84 Å². The second-order valence-electron chi connectivity index (χ2n) is 6.42. The van der Waals surface area contributed by atoms with Crippen LogP contribution < -0.4 is 0 Å². The predicted molar refractivity (Wildman–Crippen MR) is 91.8 cm³/mol. The summed E-state index contributed by atoms with van der Waals surface area (Å²) < 4.78 is 25.4. The van der Waals surface area contributed by atoms with Gasteiger partial charge in [0.1, 0.15) is 0 Å². The van der Waals surface area contributed by atoms with Crippen LogP contribution in [0.25, 0.3) is 0 Å². The Hall–Kier alpha value is -1.38. The van der Waals surface area contributed by atoms with E-state index in [2.05, 4.69) is 11.0 Å². The largest absolute Gasteiger partial charge is 0.303 e. The van der Waals surface area contributed by atoms with E-state index in [1.54, 1.807) is 12.1 Å². The zero-order valence-electron chi connectivity index (χ0n) is 14.0. The monoisotopic (exact) mass is 334 g/mol. The molecule has 0 aromatic heterocycles. The third kappa shape index (κ3) is 4.55. The predicted octanol–water partition coefficient (Wildman–Crippen LogP) is 3.17. The Labute approximate surface area is 140 Å². The van der Waals surface area contributed by atoms with Crippen LogP contribution in [0.3, 0.4) is 0 Å². The van der Waals surface area contributed by atoms with Gasteiger partial charge < -0.3 is 4.90 Å². The molecule has 5 heteroatoms. The van der Waals surface area contributed by atoms with E-state index < -0.39 is 9.84 Å². The molecule has 1 unspecified atom stereocenters. The lowest BCUT2D eigenvalue weighted by Crippen LogP contribution is -2.40. The fourth-order valence-corrected chi connectivity index (χ4v) is 4.79. The zero-order valence-corrected chi connectivity index (χ0v) is 14.8. The first-order chi connectivity index (χ1) is 11.0. The third-order valence-corrected chi connectivity index (χ3v) is 7.07. The highest BCUT2D eigenvalue weighted by Gasteiger charge is 2.31. The molecule has 1 aliphatic heterocycles. The molecule has 1 saturated heterocycles. The maximum absolute atomic E-state index is 12.7. The maximum Gasteiger partial charge on any atom is 0.181 e. The van der Waals surface area contributed by atoms with Crippen LogP contribution in [0.2, 0.25) is 0 Å². The van der Waals surface area contributed by atoms with Crippen molar-refractivity contribution in [2.45, 2.75) is 49.7 Å². The van der Waals surface area contributed by atoms with Crippen molar-refractivity contribution in [3.05, 3.63) is 29.8 Å². The van der Waals surface area contributed by atoms with Crippen LogP contribution in [0.5, 0.6) is 0 Å². The first-order valence-corrected chi connectivity index (χ1v) is 9.94. The van der Waals surface area contributed by atoms with Gasteiger partial charge in [0, 0.05) is 5.92 Å². The second kappa shape index (κ2) is 7.94. The summed E-state index contributed by atoms with van der Waals surface area (Å²) in [6.07, 6.45) is 3.12. The lowest BCUT2D eigenvalue weighted by molar-refractivity contribution is 0.219. The molecule has 1 aliphatic rings. The molecule has 1 atom stereocenters. The van der Waals surface area contributed by atoms with Gasteiger partial charge in [-0.05, 0) is 64.4 Å². The van der Waals surface area contributed by atoms with Crippen LogP contribution in [0.1, 0.15) is 38.2 Å². The molecule has 0 spiro atoms. The summed E-state index contributed by atoms with van der Waals surface area (Å²) in [6, 6.07) is 9.48. The average Bonchev–Trinajstić information content (AvgIpc) is 2.56. The van der Waals surface area contributed by atoms with Crippen molar-refractivity contribution in [1.82, 2.24) is 4.90 Å². The summed E-state index contributed by atoms with van der Waals surface area (Å²) in [5.41, 5.74) is 1.07. The van der Waals surface area contributed by atoms with E-state index in [0.717, 1.165) is 38.0 Å². The van der Waals surface area contributed by atoms with Gasteiger partial charge in [-0.25, -0.2) is 8.42 Å². The van der Waals surface area contributed by atoms with Gasteiger partial charge in [0.05, 0.1) is 16.2 Å². The standard InChI is InChI=1S/C18H26N2O2S/c1-3-16(14-19)8-11-20-12-9-18(10-13-20)23(21,22)17-6-4-15(2)5-7-17/h4-7,16,18H,3,8-13H2,1-2H3. The Balaban J connectivity index is 1.91. The molecule has 126 valence electrons. The SMILES string of the molecule is CCC(C#N)CCN1CCC(S(=O)(=O)c2ccc(C)cc2)CC1. The molecule has 0 saturated carbocycles. The molecule has 4 nitrogen and oxygen atoms in total. The summed E-state index contributed by atoms with van der Waals surface area (Å²) in [5.74, 6) is 0.115. The molecule has 1 heterocycles.